The summed E-state index contributed by atoms with van der Waals surface area (Å²) in [6, 6.07) is -2.83. The van der Waals surface area contributed by atoms with E-state index < -0.39 is 48.7 Å². The SMILES string of the molecule is NC(=O)CC(N[C@@H](CCC(=O)O)C(=O)O)C(=O)O. The lowest BCUT2D eigenvalue weighted by molar-refractivity contribution is -0.144. The topological polar surface area (TPSA) is 167 Å². The van der Waals surface area contributed by atoms with Crippen LogP contribution in [0.4, 0.5) is 0 Å². The number of hydrogen-bond donors (Lipinski definition) is 5. The van der Waals surface area contributed by atoms with E-state index in [9.17, 15) is 19.2 Å². The predicted molar refractivity (Wildman–Crippen MR) is 56.7 cm³/mol. The number of nitrogens with two attached hydrogens (primary N) is 1. The number of carboxylic acids is 3. The quantitative estimate of drug-likeness (QED) is 0.325. The molecule has 0 aliphatic heterocycles. The summed E-state index contributed by atoms with van der Waals surface area (Å²) in [4.78, 5) is 42.5. The number of aliphatic carboxylic acids is 3. The highest BCUT2D eigenvalue weighted by Crippen LogP contribution is 2.02. The van der Waals surface area contributed by atoms with E-state index in [-0.39, 0.29) is 6.42 Å². The molecule has 0 rings (SSSR count). The lowest BCUT2D eigenvalue weighted by atomic mass is 10.1. The first kappa shape index (κ1) is 15.8. The van der Waals surface area contributed by atoms with Crippen LogP contribution in [0.5, 0.6) is 0 Å². The van der Waals surface area contributed by atoms with Crippen LogP contribution in [-0.2, 0) is 19.2 Å². The zero-order valence-electron chi connectivity index (χ0n) is 9.33. The third-order valence-electron chi connectivity index (χ3n) is 2.05. The zero-order valence-corrected chi connectivity index (χ0v) is 9.33. The number of primary amides is 1. The van der Waals surface area contributed by atoms with E-state index in [0.29, 0.717) is 0 Å². The lowest BCUT2D eigenvalue weighted by Gasteiger charge is -2.18. The molecule has 0 saturated carbocycles. The fraction of sp³-hybridized carbons (Fsp3) is 0.556. The molecule has 102 valence electrons. The third-order valence-corrected chi connectivity index (χ3v) is 2.05. The number of carbonyl (C=O) groups is 4. The first-order valence-electron chi connectivity index (χ1n) is 4.95. The van der Waals surface area contributed by atoms with Crippen molar-refractivity contribution >= 4 is 23.8 Å². The number of carbonyl (C=O) groups excluding carboxylic acids is 1. The molecule has 0 aliphatic rings. The fourth-order valence-electron chi connectivity index (χ4n) is 1.21. The molecule has 2 atom stereocenters. The van der Waals surface area contributed by atoms with Crippen LogP contribution < -0.4 is 11.1 Å². The molecule has 18 heavy (non-hydrogen) atoms. The second-order valence-electron chi connectivity index (χ2n) is 3.55. The van der Waals surface area contributed by atoms with Crippen LogP contribution in [0.15, 0.2) is 0 Å². The van der Waals surface area contributed by atoms with Gasteiger partial charge in [-0.05, 0) is 6.42 Å². The van der Waals surface area contributed by atoms with Gasteiger partial charge in [-0.15, -0.1) is 0 Å². The highest BCUT2D eigenvalue weighted by atomic mass is 16.4. The summed E-state index contributed by atoms with van der Waals surface area (Å²) in [5, 5.41) is 28.1. The van der Waals surface area contributed by atoms with Crippen LogP contribution in [0.3, 0.4) is 0 Å². The highest BCUT2D eigenvalue weighted by Gasteiger charge is 2.27. The molecule has 0 heterocycles. The minimum atomic E-state index is -1.46. The normalized spacial score (nSPS) is 13.6. The number of rotatable bonds is 9. The first-order chi connectivity index (χ1) is 8.23. The number of hydrogen-bond acceptors (Lipinski definition) is 5. The van der Waals surface area contributed by atoms with E-state index >= 15 is 0 Å². The average molecular weight is 262 g/mol. The van der Waals surface area contributed by atoms with Gasteiger partial charge in [0.1, 0.15) is 12.1 Å². The molecular formula is C9H14N2O7. The van der Waals surface area contributed by atoms with Crippen molar-refractivity contribution in [1.29, 1.82) is 0 Å². The summed E-state index contributed by atoms with van der Waals surface area (Å²) in [5.74, 6) is -4.94. The molecule has 0 bridgehead atoms. The average Bonchev–Trinajstić information content (AvgIpc) is 2.20. The predicted octanol–water partition coefficient (Wildman–Crippen LogP) is -1.78. The van der Waals surface area contributed by atoms with Crippen LogP contribution in [0, 0.1) is 0 Å². The lowest BCUT2D eigenvalue weighted by Crippen LogP contribution is -2.48. The highest BCUT2D eigenvalue weighted by molar-refractivity contribution is 5.84. The largest absolute Gasteiger partial charge is 0.481 e. The van der Waals surface area contributed by atoms with E-state index in [4.69, 9.17) is 21.1 Å². The summed E-state index contributed by atoms with van der Waals surface area (Å²) in [6.45, 7) is 0. The smallest absolute Gasteiger partial charge is 0.321 e. The van der Waals surface area contributed by atoms with E-state index in [0.717, 1.165) is 0 Å². The van der Waals surface area contributed by atoms with E-state index in [1.807, 2.05) is 0 Å². The van der Waals surface area contributed by atoms with Crippen LogP contribution >= 0.6 is 0 Å². The number of nitrogens with one attached hydrogen (secondary N) is 1. The molecule has 0 aromatic carbocycles. The van der Waals surface area contributed by atoms with Gasteiger partial charge in [0.25, 0.3) is 0 Å². The Hall–Kier alpha value is -2.16. The number of carboxylic acid groups (broad SMARTS) is 3. The Kier molecular flexibility index (Phi) is 6.35. The molecule has 0 fully saturated rings. The van der Waals surface area contributed by atoms with Gasteiger partial charge in [-0.25, -0.2) is 0 Å². The summed E-state index contributed by atoms with van der Waals surface area (Å²) >= 11 is 0. The van der Waals surface area contributed by atoms with Crippen molar-refractivity contribution in [2.45, 2.75) is 31.3 Å². The maximum absolute atomic E-state index is 10.8. The molecule has 0 saturated heterocycles. The van der Waals surface area contributed by atoms with Crippen molar-refractivity contribution in [3.63, 3.8) is 0 Å². The van der Waals surface area contributed by atoms with E-state index in [1.54, 1.807) is 0 Å². The molecule has 0 aliphatic carbocycles. The van der Waals surface area contributed by atoms with Gasteiger partial charge in [0, 0.05) is 6.42 Å². The van der Waals surface area contributed by atoms with Gasteiger partial charge in [0.05, 0.1) is 6.42 Å². The van der Waals surface area contributed by atoms with Crippen molar-refractivity contribution in [3.05, 3.63) is 0 Å². The molecule has 6 N–H and O–H groups in total. The maximum atomic E-state index is 10.8. The van der Waals surface area contributed by atoms with Crippen molar-refractivity contribution < 1.29 is 34.5 Å². The zero-order chi connectivity index (χ0) is 14.3. The monoisotopic (exact) mass is 262 g/mol. The van der Waals surface area contributed by atoms with Crippen LogP contribution in [0.25, 0.3) is 0 Å². The van der Waals surface area contributed by atoms with Crippen molar-refractivity contribution in [2.75, 3.05) is 0 Å². The second kappa shape index (κ2) is 7.22. The fourth-order valence-corrected chi connectivity index (χ4v) is 1.21. The Labute approximate surface area is 102 Å². The summed E-state index contributed by atoms with van der Waals surface area (Å²) < 4.78 is 0. The molecule has 1 amide bonds. The molecule has 0 aromatic rings. The standard InChI is InChI=1S/C9H14N2O7/c10-6(12)3-5(9(17)18)11-4(8(15)16)1-2-7(13)14/h4-5,11H,1-3H2,(H2,10,12)(H,13,14)(H,15,16)(H,17,18)/t4-,5?/m0/s1. The van der Waals surface area contributed by atoms with E-state index in [2.05, 4.69) is 5.32 Å². The Morgan fingerprint density at radius 1 is 1.00 bits per heavy atom. The van der Waals surface area contributed by atoms with Gasteiger partial charge in [-0.3, -0.25) is 24.5 Å². The summed E-state index contributed by atoms with van der Waals surface area (Å²) in [5.41, 5.74) is 4.82. The van der Waals surface area contributed by atoms with Crippen molar-refractivity contribution in [1.82, 2.24) is 5.32 Å². The Morgan fingerprint density at radius 3 is 1.83 bits per heavy atom. The minimum absolute atomic E-state index is 0.298. The van der Waals surface area contributed by atoms with Gasteiger partial charge in [-0.1, -0.05) is 0 Å². The summed E-state index contributed by atoms with van der Waals surface area (Å²) in [7, 11) is 0. The molecule has 1 unspecified atom stereocenters. The molecule has 9 nitrogen and oxygen atoms in total. The van der Waals surface area contributed by atoms with Crippen molar-refractivity contribution in [2.24, 2.45) is 5.73 Å². The van der Waals surface area contributed by atoms with Crippen LogP contribution in [0.1, 0.15) is 19.3 Å². The Morgan fingerprint density at radius 2 is 1.50 bits per heavy atom. The second-order valence-corrected chi connectivity index (χ2v) is 3.55. The Balaban J connectivity index is 4.60. The van der Waals surface area contributed by atoms with Crippen LogP contribution in [0.2, 0.25) is 0 Å². The summed E-state index contributed by atoms with van der Waals surface area (Å²) in [6.07, 6.45) is -1.31. The molecule has 9 heteroatoms. The minimum Gasteiger partial charge on any atom is -0.481 e. The molecule has 0 spiro atoms. The van der Waals surface area contributed by atoms with Gasteiger partial charge in [0.2, 0.25) is 5.91 Å². The van der Waals surface area contributed by atoms with Crippen molar-refractivity contribution in [3.8, 4) is 0 Å². The Bertz CT molecular complexity index is 355. The maximum Gasteiger partial charge on any atom is 0.321 e. The van der Waals surface area contributed by atoms with Gasteiger partial charge in [0.15, 0.2) is 0 Å². The molecular weight excluding hydrogens is 248 g/mol. The first-order valence-corrected chi connectivity index (χ1v) is 4.95. The van der Waals surface area contributed by atoms with E-state index in [1.165, 1.54) is 0 Å². The molecule has 0 aromatic heterocycles. The number of amides is 1. The van der Waals surface area contributed by atoms with Crippen LogP contribution in [-0.4, -0.2) is 51.2 Å². The third kappa shape index (κ3) is 6.43. The van der Waals surface area contributed by atoms with Gasteiger partial charge < -0.3 is 21.1 Å². The van der Waals surface area contributed by atoms with Gasteiger partial charge in [-0.2, -0.15) is 0 Å². The van der Waals surface area contributed by atoms with Gasteiger partial charge >= 0.3 is 17.9 Å². The molecule has 0 radical (unpaired) electrons.